The molecule has 0 saturated heterocycles. The van der Waals surface area contributed by atoms with Gasteiger partial charge in [-0.05, 0) is 33.4 Å². The van der Waals surface area contributed by atoms with E-state index in [9.17, 15) is 0 Å². The summed E-state index contributed by atoms with van der Waals surface area (Å²) in [4.78, 5) is 17.8. The second-order valence-electron chi connectivity index (χ2n) is 5.36. The van der Waals surface area contributed by atoms with Gasteiger partial charge in [0.25, 0.3) is 0 Å². The molecule has 0 aromatic carbocycles. The first kappa shape index (κ1) is 12.2. The number of nitrogens with zero attached hydrogens (tertiary/aromatic N) is 4. The molecular formula is C12H19N7. The highest BCUT2D eigenvalue weighted by atomic mass is 15.2. The zero-order valence-electron chi connectivity index (χ0n) is 11.3. The molecule has 3 rings (SSSR count). The van der Waals surface area contributed by atoms with Crippen molar-refractivity contribution in [2.24, 2.45) is 0 Å². The lowest BCUT2D eigenvalue weighted by atomic mass is 9.75. The lowest BCUT2D eigenvalue weighted by Gasteiger charge is -2.47. The average molecular weight is 261 g/mol. The van der Waals surface area contributed by atoms with E-state index in [1.54, 1.807) is 6.33 Å². The van der Waals surface area contributed by atoms with Crippen molar-refractivity contribution in [3.63, 3.8) is 0 Å². The summed E-state index contributed by atoms with van der Waals surface area (Å²) in [6, 6.07) is 0. The summed E-state index contributed by atoms with van der Waals surface area (Å²) in [5, 5.41) is 3.39. The van der Waals surface area contributed by atoms with Crippen molar-refractivity contribution in [2.75, 3.05) is 31.7 Å². The lowest BCUT2D eigenvalue weighted by Crippen LogP contribution is -2.54. The molecule has 0 unspecified atom stereocenters. The minimum absolute atomic E-state index is 0.228. The first-order chi connectivity index (χ1) is 9.11. The predicted octanol–water partition coefficient (Wildman–Crippen LogP) is 0.831. The second kappa shape index (κ2) is 4.34. The van der Waals surface area contributed by atoms with Crippen LogP contribution in [0.25, 0.3) is 11.2 Å². The number of hydrogen-bond donors (Lipinski definition) is 3. The summed E-state index contributed by atoms with van der Waals surface area (Å²) in [7, 11) is 4.25. The van der Waals surface area contributed by atoms with E-state index >= 15 is 0 Å². The molecule has 102 valence electrons. The summed E-state index contributed by atoms with van der Waals surface area (Å²) in [6.07, 6.45) is 5.31. The molecule has 4 N–H and O–H groups in total. The van der Waals surface area contributed by atoms with Crippen molar-refractivity contribution in [1.29, 1.82) is 0 Å². The Morgan fingerprint density at radius 3 is 2.84 bits per heavy atom. The molecule has 7 heteroatoms. The Hall–Kier alpha value is -1.89. The number of aromatic nitrogens is 4. The minimum atomic E-state index is 0.228. The van der Waals surface area contributed by atoms with E-state index in [0.29, 0.717) is 5.65 Å². The van der Waals surface area contributed by atoms with Crippen LogP contribution in [0.15, 0.2) is 6.33 Å². The number of H-pyrrole nitrogens is 1. The van der Waals surface area contributed by atoms with Gasteiger partial charge in [-0.3, -0.25) is 0 Å². The molecule has 0 amide bonds. The molecule has 2 aromatic rings. The van der Waals surface area contributed by atoms with Crippen molar-refractivity contribution in [1.82, 2.24) is 24.8 Å². The topological polar surface area (TPSA) is 95.8 Å². The van der Waals surface area contributed by atoms with E-state index in [0.717, 1.165) is 17.9 Å². The van der Waals surface area contributed by atoms with Crippen molar-refractivity contribution in [3.8, 4) is 0 Å². The molecule has 0 spiro atoms. The Morgan fingerprint density at radius 1 is 1.42 bits per heavy atom. The van der Waals surface area contributed by atoms with Gasteiger partial charge in [0.1, 0.15) is 5.52 Å². The molecule has 1 aliphatic carbocycles. The Labute approximate surface area is 111 Å². The van der Waals surface area contributed by atoms with Gasteiger partial charge in [0.05, 0.1) is 6.33 Å². The third-order valence-electron chi connectivity index (χ3n) is 4.12. The Bertz CT molecular complexity index is 585. The van der Waals surface area contributed by atoms with Crippen molar-refractivity contribution < 1.29 is 0 Å². The fourth-order valence-corrected chi connectivity index (χ4v) is 2.59. The number of nitrogens with two attached hydrogens (primary N) is 1. The van der Waals surface area contributed by atoms with Crippen LogP contribution in [-0.4, -0.2) is 51.0 Å². The zero-order chi connectivity index (χ0) is 13.5. The van der Waals surface area contributed by atoms with Crippen molar-refractivity contribution in [3.05, 3.63) is 6.33 Å². The van der Waals surface area contributed by atoms with Gasteiger partial charge >= 0.3 is 0 Å². The highest BCUT2D eigenvalue weighted by Crippen LogP contribution is 2.36. The maximum absolute atomic E-state index is 5.70. The average Bonchev–Trinajstić information content (AvgIpc) is 2.74. The van der Waals surface area contributed by atoms with E-state index in [1.165, 1.54) is 19.3 Å². The van der Waals surface area contributed by atoms with Crippen LogP contribution in [0.3, 0.4) is 0 Å². The first-order valence-corrected chi connectivity index (χ1v) is 6.49. The van der Waals surface area contributed by atoms with Crippen LogP contribution < -0.4 is 11.1 Å². The molecule has 7 nitrogen and oxygen atoms in total. The monoisotopic (exact) mass is 261 g/mol. The quantitative estimate of drug-likeness (QED) is 0.754. The summed E-state index contributed by atoms with van der Waals surface area (Å²) < 4.78 is 0. The fraction of sp³-hybridized carbons (Fsp3) is 0.583. The maximum Gasteiger partial charge on any atom is 0.224 e. The molecule has 19 heavy (non-hydrogen) atoms. The number of rotatable bonds is 4. The van der Waals surface area contributed by atoms with E-state index < -0.39 is 0 Å². The van der Waals surface area contributed by atoms with Crippen LogP contribution in [0.5, 0.6) is 0 Å². The molecule has 0 aliphatic heterocycles. The van der Waals surface area contributed by atoms with Crippen molar-refractivity contribution >= 4 is 22.9 Å². The van der Waals surface area contributed by atoms with Gasteiger partial charge in [0.2, 0.25) is 5.95 Å². The van der Waals surface area contributed by atoms with Crippen LogP contribution in [0.2, 0.25) is 0 Å². The van der Waals surface area contributed by atoms with Crippen LogP contribution in [0, 0.1) is 0 Å². The Morgan fingerprint density at radius 2 is 2.21 bits per heavy atom. The maximum atomic E-state index is 5.70. The number of imidazole rings is 1. The van der Waals surface area contributed by atoms with Gasteiger partial charge in [0, 0.05) is 12.1 Å². The molecule has 1 fully saturated rings. The molecule has 1 aliphatic rings. The summed E-state index contributed by atoms with van der Waals surface area (Å²) in [6.45, 7) is 0.852. The molecule has 0 bridgehead atoms. The van der Waals surface area contributed by atoms with E-state index in [-0.39, 0.29) is 11.5 Å². The summed E-state index contributed by atoms with van der Waals surface area (Å²) in [5.41, 5.74) is 7.34. The SMILES string of the molecule is CN(C)C1(CNc2nc(N)nc3nc[nH]c23)CCC1. The van der Waals surface area contributed by atoms with Gasteiger partial charge < -0.3 is 20.9 Å². The van der Waals surface area contributed by atoms with Gasteiger partial charge in [-0.15, -0.1) is 0 Å². The molecule has 2 heterocycles. The van der Waals surface area contributed by atoms with Crippen LogP contribution >= 0.6 is 0 Å². The third kappa shape index (κ3) is 1.99. The number of likely N-dealkylation sites (N-methyl/N-ethyl adjacent to an activating group) is 1. The van der Waals surface area contributed by atoms with E-state index in [4.69, 9.17) is 5.73 Å². The molecule has 1 saturated carbocycles. The number of aromatic amines is 1. The Kier molecular flexibility index (Phi) is 2.78. The van der Waals surface area contributed by atoms with Gasteiger partial charge in [-0.25, -0.2) is 4.98 Å². The molecule has 0 atom stereocenters. The van der Waals surface area contributed by atoms with E-state index in [2.05, 4.69) is 44.2 Å². The first-order valence-electron chi connectivity index (χ1n) is 6.49. The van der Waals surface area contributed by atoms with Crippen LogP contribution in [0.1, 0.15) is 19.3 Å². The lowest BCUT2D eigenvalue weighted by molar-refractivity contribution is 0.0738. The molecular weight excluding hydrogens is 242 g/mol. The van der Waals surface area contributed by atoms with Gasteiger partial charge in [0.15, 0.2) is 11.5 Å². The predicted molar refractivity (Wildman–Crippen MR) is 74.9 cm³/mol. The largest absolute Gasteiger partial charge is 0.368 e. The van der Waals surface area contributed by atoms with Crippen LogP contribution in [0.4, 0.5) is 11.8 Å². The fourth-order valence-electron chi connectivity index (χ4n) is 2.59. The summed E-state index contributed by atoms with van der Waals surface area (Å²) in [5.74, 6) is 0.975. The number of nitrogen functional groups attached to an aromatic ring is 1. The summed E-state index contributed by atoms with van der Waals surface area (Å²) >= 11 is 0. The smallest absolute Gasteiger partial charge is 0.224 e. The minimum Gasteiger partial charge on any atom is -0.368 e. The van der Waals surface area contributed by atoms with Gasteiger partial charge in [-0.2, -0.15) is 9.97 Å². The molecule has 2 aromatic heterocycles. The number of hydrogen-bond acceptors (Lipinski definition) is 6. The number of nitrogens with one attached hydrogen (secondary N) is 2. The second-order valence-corrected chi connectivity index (χ2v) is 5.36. The molecule has 0 radical (unpaired) electrons. The number of fused-ring (bicyclic) bond motifs is 1. The highest BCUT2D eigenvalue weighted by Gasteiger charge is 2.38. The van der Waals surface area contributed by atoms with Crippen molar-refractivity contribution in [2.45, 2.75) is 24.8 Å². The third-order valence-corrected chi connectivity index (χ3v) is 4.12. The van der Waals surface area contributed by atoms with Gasteiger partial charge in [-0.1, -0.05) is 0 Å². The Balaban J connectivity index is 1.83. The normalized spacial score (nSPS) is 17.6. The van der Waals surface area contributed by atoms with E-state index in [1.807, 2.05) is 0 Å². The standard InChI is InChI=1S/C12H19N7/c1-19(2)12(4-3-5-12)6-14-9-8-10(16-7-15-8)18-11(13)17-9/h7H,3-6H2,1-2H3,(H4,13,14,15,16,17,18). The highest BCUT2D eigenvalue weighted by molar-refractivity contribution is 5.83. The zero-order valence-corrected chi connectivity index (χ0v) is 11.3. The van der Waals surface area contributed by atoms with Crippen LogP contribution in [-0.2, 0) is 0 Å². The number of anilines is 2.